The summed E-state index contributed by atoms with van der Waals surface area (Å²) in [5.41, 5.74) is 6.32. The number of nitrogens with zero attached hydrogens (tertiary/aromatic N) is 1. The fourth-order valence-corrected chi connectivity index (χ4v) is 2.08. The molecule has 19 heavy (non-hydrogen) atoms. The molecule has 0 saturated carbocycles. The second-order valence-electron chi connectivity index (χ2n) is 4.40. The molecule has 2 rings (SSSR count). The fourth-order valence-electron chi connectivity index (χ4n) is 2.08. The van der Waals surface area contributed by atoms with E-state index in [0.717, 1.165) is 0 Å². The third-order valence-corrected chi connectivity index (χ3v) is 3.14. The summed E-state index contributed by atoms with van der Waals surface area (Å²) < 4.78 is 23.6. The van der Waals surface area contributed by atoms with E-state index in [-0.39, 0.29) is 24.3 Å². The van der Waals surface area contributed by atoms with Gasteiger partial charge in [0.2, 0.25) is 5.91 Å². The first-order valence-electron chi connectivity index (χ1n) is 6.05. The van der Waals surface area contributed by atoms with Crippen LogP contribution >= 0.6 is 0 Å². The van der Waals surface area contributed by atoms with E-state index in [0.29, 0.717) is 25.3 Å². The predicted molar refractivity (Wildman–Crippen MR) is 67.2 cm³/mol. The van der Waals surface area contributed by atoms with Crippen LogP contribution in [-0.4, -0.2) is 43.7 Å². The normalized spacial score (nSPS) is 19.6. The molecule has 1 amide bonds. The summed E-state index contributed by atoms with van der Waals surface area (Å²) in [6.07, 6.45) is 0. The van der Waals surface area contributed by atoms with E-state index >= 15 is 0 Å². The average Bonchev–Trinajstić information content (AvgIpc) is 2.41. The number of carbonyl (C=O) groups is 1. The van der Waals surface area contributed by atoms with Crippen LogP contribution in [0.25, 0.3) is 0 Å². The monoisotopic (exact) mass is 268 g/mol. The first kappa shape index (κ1) is 13.8. The molecular formula is C13H17FN2O3. The summed E-state index contributed by atoms with van der Waals surface area (Å²) >= 11 is 0. The Morgan fingerprint density at radius 3 is 3.00 bits per heavy atom. The number of ether oxygens (including phenoxy) is 2. The number of hydrogen-bond acceptors (Lipinski definition) is 4. The molecule has 1 atom stereocenters. The quantitative estimate of drug-likeness (QED) is 0.864. The van der Waals surface area contributed by atoms with Crippen LogP contribution in [0, 0.1) is 5.82 Å². The lowest BCUT2D eigenvalue weighted by Crippen LogP contribution is -2.52. The van der Waals surface area contributed by atoms with Crippen molar-refractivity contribution in [1.29, 1.82) is 0 Å². The first-order chi connectivity index (χ1) is 9.15. The largest absolute Gasteiger partial charge is 0.494 e. The number of nitrogens with two attached hydrogens (primary N) is 1. The minimum atomic E-state index is -0.440. The van der Waals surface area contributed by atoms with Crippen molar-refractivity contribution < 1.29 is 18.7 Å². The van der Waals surface area contributed by atoms with Crippen LogP contribution in [-0.2, 0) is 16.1 Å². The maximum atomic E-state index is 13.6. The molecule has 104 valence electrons. The standard InChI is InChI=1S/C13H17FN2O3/c1-18-12-3-2-9(4-11(12)14)6-16-10(5-15)7-19-8-13(16)17/h2-4,10H,5-8,15H2,1H3. The maximum absolute atomic E-state index is 13.6. The Morgan fingerprint density at radius 1 is 1.58 bits per heavy atom. The summed E-state index contributed by atoms with van der Waals surface area (Å²) in [5.74, 6) is -0.379. The zero-order valence-corrected chi connectivity index (χ0v) is 10.8. The highest BCUT2D eigenvalue weighted by Crippen LogP contribution is 2.20. The highest BCUT2D eigenvalue weighted by Gasteiger charge is 2.27. The van der Waals surface area contributed by atoms with Gasteiger partial charge in [-0.1, -0.05) is 6.07 Å². The Labute approximate surface area is 111 Å². The van der Waals surface area contributed by atoms with Gasteiger partial charge in [0, 0.05) is 13.1 Å². The zero-order valence-electron chi connectivity index (χ0n) is 10.8. The van der Waals surface area contributed by atoms with E-state index in [9.17, 15) is 9.18 Å². The SMILES string of the molecule is COc1ccc(CN2C(=O)COCC2CN)cc1F. The summed E-state index contributed by atoms with van der Waals surface area (Å²) in [6.45, 7) is 1.12. The van der Waals surface area contributed by atoms with Gasteiger partial charge in [-0.25, -0.2) is 4.39 Å². The molecule has 0 bridgehead atoms. The molecule has 0 aromatic heterocycles. The van der Waals surface area contributed by atoms with Gasteiger partial charge in [0.05, 0.1) is 19.8 Å². The minimum absolute atomic E-state index is 0.0507. The van der Waals surface area contributed by atoms with Crippen molar-refractivity contribution in [3.8, 4) is 5.75 Å². The molecule has 0 radical (unpaired) electrons. The second-order valence-corrected chi connectivity index (χ2v) is 4.40. The van der Waals surface area contributed by atoms with Crippen molar-refractivity contribution in [2.24, 2.45) is 5.73 Å². The molecule has 5 nitrogen and oxygen atoms in total. The maximum Gasteiger partial charge on any atom is 0.249 e. The third kappa shape index (κ3) is 3.02. The predicted octanol–water partition coefficient (Wildman–Crippen LogP) is 0.520. The van der Waals surface area contributed by atoms with Crippen LogP contribution < -0.4 is 10.5 Å². The van der Waals surface area contributed by atoms with Gasteiger partial charge in [-0.3, -0.25) is 4.79 Å². The van der Waals surface area contributed by atoms with Crippen LogP contribution in [0.5, 0.6) is 5.75 Å². The topological polar surface area (TPSA) is 64.8 Å². The minimum Gasteiger partial charge on any atom is -0.494 e. The van der Waals surface area contributed by atoms with E-state index in [1.807, 2.05) is 0 Å². The lowest BCUT2D eigenvalue weighted by Gasteiger charge is -2.34. The zero-order chi connectivity index (χ0) is 13.8. The lowest BCUT2D eigenvalue weighted by molar-refractivity contribution is -0.148. The van der Waals surface area contributed by atoms with Crippen molar-refractivity contribution in [3.63, 3.8) is 0 Å². The molecule has 1 fully saturated rings. The van der Waals surface area contributed by atoms with Gasteiger partial charge in [0.15, 0.2) is 11.6 Å². The molecule has 1 heterocycles. The summed E-state index contributed by atoms with van der Waals surface area (Å²) in [6, 6.07) is 4.49. The molecule has 6 heteroatoms. The van der Waals surface area contributed by atoms with Crippen molar-refractivity contribution >= 4 is 5.91 Å². The smallest absolute Gasteiger partial charge is 0.249 e. The highest BCUT2D eigenvalue weighted by molar-refractivity contribution is 5.78. The highest BCUT2D eigenvalue weighted by atomic mass is 19.1. The first-order valence-corrected chi connectivity index (χ1v) is 6.05. The molecule has 1 aliphatic rings. The molecule has 1 aromatic carbocycles. The Balaban J connectivity index is 2.14. The molecule has 1 aliphatic heterocycles. The second kappa shape index (κ2) is 5.99. The van der Waals surface area contributed by atoms with Crippen LogP contribution in [0.1, 0.15) is 5.56 Å². The molecule has 1 aromatic rings. The van der Waals surface area contributed by atoms with Crippen LogP contribution in [0.15, 0.2) is 18.2 Å². The Bertz CT molecular complexity index is 467. The Morgan fingerprint density at radius 2 is 2.37 bits per heavy atom. The van der Waals surface area contributed by atoms with Crippen LogP contribution in [0.4, 0.5) is 4.39 Å². The molecular weight excluding hydrogens is 251 g/mol. The fraction of sp³-hybridized carbons (Fsp3) is 0.462. The van der Waals surface area contributed by atoms with Crippen molar-refractivity contribution in [2.75, 3.05) is 26.9 Å². The third-order valence-electron chi connectivity index (χ3n) is 3.14. The molecule has 1 unspecified atom stereocenters. The van der Waals surface area contributed by atoms with Gasteiger partial charge >= 0.3 is 0 Å². The van der Waals surface area contributed by atoms with Crippen LogP contribution in [0.2, 0.25) is 0 Å². The molecule has 0 spiro atoms. The van der Waals surface area contributed by atoms with E-state index < -0.39 is 5.82 Å². The number of hydrogen-bond donors (Lipinski definition) is 1. The number of rotatable bonds is 4. The summed E-state index contributed by atoms with van der Waals surface area (Å²) in [4.78, 5) is 13.4. The van der Waals surface area contributed by atoms with Gasteiger partial charge in [-0.05, 0) is 17.7 Å². The van der Waals surface area contributed by atoms with Gasteiger partial charge in [-0.15, -0.1) is 0 Å². The number of carbonyl (C=O) groups excluding carboxylic acids is 1. The molecule has 1 saturated heterocycles. The van der Waals surface area contributed by atoms with Gasteiger partial charge < -0.3 is 20.1 Å². The van der Waals surface area contributed by atoms with Gasteiger partial charge in [0.25, 0.3) is 0 Å². The Hall–Kier alpha value is -1.66. The summed E-state index contributed by atoms with van der Waals surface area (Å²) in [5, 5.41) is 0. The number of morpholine rings is 1. The van der Waals surface area contributed by atoms with Crippen molar-refractivity contribution in [3.05, 3.63) is 29.6 Å². The lowest BCUT2D eigenvalue weighted by atomic mass is 10.1. The summed E-state index contributed by atoms with van der Waals surface area (Å²) in [7, 11) is 1.41. The van der Waals surface area contributed by atoms with E-state index in [4.69, 9.17) is 15.2 Å². The number of halogens is 1. The molecule has 2 N–H and O–H groups in total. The van der Waals surface area contributed by atoms with Gasteiger partial charge in [0.1, 0.15) is 6.61 Å². The average molecular weight is 268 g/mol. The number of amides is 1. The van der Waals surface area contributed by atoms with Crippen molar-refractivity contribution in [1.82, 2.24) is 4.90 Å². The number of methoxy groups -OCH3 is 1. The Kier molecular flexibility index (Phi) is 4.34. The van der Waals surface area contributed by atoms with E-state index in [1.54, 1.807) is 17.0 Å². The van der Waals surface area contributed by atoms with Gasteiger partial charge in [-0.2, -0.15) is 0 Å². The molecule has 0 aliphatic carbocycles. The van der Waals surface area contributed by atoms with E-state index in [1.165, 1.54) is 13.2 Å². The number of benzene rings is 1. The van der Waals surface area contributed by atoms with E-state index in [2.05, 4.69) is 0 Å². The van der Waals surface area contributed by atoms with Crippen LogP contribution in [0.3, 0.4) is 0 Å². The van der Waals surface area contributed by atoms with Crippen molar-refractivity contribution in [2.45, 2.75) is 12.6 Å².